The number of benzene rings is 2. The Morgan fingerprint density at radius 3 is 2.71 bits per heavy atom. The molecule has 0 unspecified atom stereocenters. The highest BCUT2D eigenvalue weighted by Crippen LogP contribution is 2.28. The van der Waals surface area contributed by atoms with Crippen molar-refractivity contribution < 1.29 is 9.53 Å². The van der Waals surface area contributed by atoms with Crippen molar-refractivity contribution >= 4 is 22.6 Å². The van der Waals surface area contributed by atoms with Gasteiger partial charge >= 0.3 is 0 Å². The summed E-state index contributed by atoms with van der Waals surface area (Å²) in [7, 11) is 0. The van der Waals surface area contributed by atoms with Crippen molar-refractivity contribution in [3.05, 3.63) is 72.1 Å². The lowest BCUT2D eigenvalue weighted by Gasteiger charge is -2.10. The highest BCUT2D eigenvalue weighted by Gasteiger charge is 2.16. The molecule has 0 aliphatic heterocycles. The number of hydrogen-bond acceptors (Lipinski definition) is 4. The minimum absolute atomic E-state index is 0.0718. The van der Waals surface area contributed by atoms with Gasteiger partial charge in [-0.05, 0) is 37.6 Å². The van der Waals surface area contributed by atoms with Crippen molar-refractivity contribution in [3.8, 4) is 5.75 Å². The van der Waals surface area contributed by atoms with Gasteiger partial charge in [0.1, 0.15) is 11.4 Å². The molecule has 2 N–H and O–H groups in total. The Morgan fingerprint density at radius 1 is 1.18 bits per heavy atom. The molecule has 0 bridgehead atoms. The molecular formula is C21H21N5O2. The summed E-state index contributed by atoms with van der Waals surface area (Å²) < 4.78 is 7.71. The number of rotatable bonds is 6. The van der Waals surface area contributed by atoms with Crippen LogP contribution in [-0.4, -0.2) is 32.0 Å². The number of anilines is 1. The van der Waals surface area contributed by atoms with E-state index >= 15 is 0 Å². The van der Waals surface area contributed by atoms with Crippen LogP contribution in [0.2, 0.25) is 0 Å². The van der Waals surface area contributed by atoms with Crippen LogP contribution in [0.3, 0.4) is 0 Å². The largest absolute Gasteiger partial charge is 0.491 e. The molecule has 0 spiro atoms. The fraction of sp³-hybridized carbons (Fsp3) is 0.190. The van der Waals surface area contributed by atoms with Crippen molar-refractivity contribution in [2.45, 2.75) is 26.5 Å². The molecule has 0 aliphatic carbocycles. The number of ether oxygens (including phenoxy) is 1. The molecule has 142 valence electrons. The third-order valence-electron chi connectivity index (χ3n) is 4.25. The number of H-pyrrole nitrogens is 1. The van der Waals surface area contributed by atoms with Gasteiger partial charge in [0.25, 0.3) is 5.91 Å². The Hall–Kier alpha value is -3.61. The molecule has 4 rings (SSSR count). The topological polar surface area (TPSA) is 84.8 Å². The monoisotopic (exact) mass is 375 g/mol. The normalized spacial score (nSPS) is 11.1. The molecule has 0 atom stereocenters. The molecule has 1 amide bonds. The van der Waals surface area contributed by atoms with E-state index in [1.807, 2.05) is 67.1 Å². The Kier molecular flexibility index (Phi) is 4.80. The zero-order valence-corrected chi connectivity index (χ0v) is 15.7. The van der Waals surface area contributed by atoms with E-state index in [1.54, 1.807) is 6.07 Å². The molecule has 2 heterocycles. The van der Waals surface area contributed by atoms with Gasteiger partial charge in [0.05, 0.1) is 18.2 Å². The average Bonchev–Trinajstić information content (AvgIpc) is 3.31. The molecule has 0 radical (unpaired) electrons. The molecule has 0 saturated heterocycles. The van der Waals surface area contributed by atoms with E-state index < -0.39 is 0 Å². The van der Waals surface area contributed by atoms with Gasteiger partial charge in [-0.1, -0.05) is 30.3 Å². The van der Waals surface area contributed by atoms with E-state index in [0.717, 1.165) is 22.2 Å². The Balaban J connectivity index is 1.73. The second-order valence-electron chi connectivity index (χ2n) is 6.76. The van der Waals surface area contributed by atoms with E-state index in [-0.39, 0.29) is 12.0 Å². The number of carbonyl (C=O) groups is 1. The number of nitrogens with one attached hydrogen (secondary N) is 2. The zero-order chi connectivity index (χ0) is 19.5. The smallest absolute Gasteiger partial charge is 0.274 e. The maximum absolute atomic E-state index is 12.4. The Labute approximate surface area is 162 Å². The quantitative estimate of drug-likeness (QED) is 0.536. The second kappa shape index (κ2) is 7.56. The first-order chi connectivity index (χ1) is 13.6. The van der Waals surface area contributed by atoms with E-state index in [9.17, 15) is 4.79 Å². The molecule has 28 heavy (non-hydrogen) atoms. The third-order valence-corrected chi connectivity index (χ3v) is 4.25. The fourth-order valence-corrected chi connectivity index (χ4v) is 3.03. The average molecular weight is 375 g/mol. The molecule has 0 saturated carbocycles. The molecule has 7 heteroatoms. The van der Waals surface area contributed by atoms with Crippen LogP contribution in [-0.2, 0) is 6.54 Å². The minimum atomic E-state index is -0.286. The SMILES string of the molecule is CC(C)Oc1ccc2c(NC(=O)c3ccn[nH]3)nn(Cc3ccccc3)c2c1. The number of carbonyl (C=O) groups excluding carboxylic acids is 1. The summed E-state index contributed by atoms with van der Waals surface area (Å²) in [4.78, 5) is 12.4. The first-order valence-electron chi connectivity index (χ1n) is 9.12. The van der Waals surface area contributed by atoms with Crippen molar-refractivity contribution in [2.75, 3.05) is 5.32 Å². The molecule has 0 aliphatic rings. The number of aromatic nitrogens is 4. The lowest BCUT2D eigenvalue weighted by molar-refractivity contribution is 0.102. The molecule has 2 aromatic heterocycles. The van der Waals surface area contributed by atoms with Crippen molar-refractivity contribution in [1.82, 2.24) is 20.0 Å². The van der Waals surface area contributed by atoms with Crippen LogP contribution in [0.4, 0.5) is 5.82 Å². The van der Waals surface area contributed by atoms with Gasteiger partial charge < -0.3 is 10.1 Å². The van der Waals surface area contributed by atoms with Crippen LogP contribution in [0.25, 0.3) is 10.9 Å². The van der Waals surface area contributed by atoms with Crippen LogP contribution >= 0.6 is 0 Å². The van der Waals surface area contributed by atoms with Gasteiger partial charge in [0.15, 0.2) is 5.82 Å². The van der Waals surface area contributed by atoms with E-state index in [1.165, 1.54) is 6.20 Å². The van der Waals surface area contributed by atoms with Crippen molar-refractivity contribution in [1.29, 1.82) is 0 Å². The number of hydrogen-bond donors (Lipinski definition) is 2. The molecular weight excluding hydrogens is 354 g/mol. The summed E-state index contributed by atoms with van der Waals surface area (Å²) in [6, 6.07) is 17.5. The van der Waals surface area contributed by atoms with Crippen LogP contribution in [0.1, 0.15) is 29.9 Å². The number of amides is 1. The Bertz CT molecular complexity index is 1080. The highest BCUT2D eigenvalue weighted by molar-refractivity contribution is 6.07. The first-order valence-corrected chi connectivity index (χ1v) is 9.12. The van der Waals surface area contributed by atoms with Crippen molar-refractivity contribution in [3.63, 3.8) is 0 Å². The number of aromatic amines is 1. The summed E-state index contributed by atoms with van der Waals surface area (Å²) in [6.07, 6.45) is 1.61. The minimum Gasteiger partial charge on any atom is -0.491 e. The fourth-order valence-electron chi connectivity index (χ4n) is 3.03. The zero-order valence-electron chi connectivity index (χ0n) is 15.7. The summed E-state index contributed by atoms with van der Waals surface area (Å²) >= 11 is 0. The lowest BCUT2D eigenvalue weighted by atomic mass is 10.2. The van der Waals surface area contributed by atoms with Crippen LogP contribution in [0.15, 0.2) is 60.8 Å². The summed E-state index contributed by atoms with van der Waals surface area (Å²) in [6.45, 7) is 4.56. The molecule has 7 nitrogen and oxygen atoms in total. The first kappa shape index (κ1) is 17.8. The lowest BCUT2D eigenvalue weighted by Crippen LogP contribution is -2.13. The predicted molar refractivity (Wildman–Crippen MR) is 108 cm³/mol. The second-order valence-corrected chi connectivity index (χ2v) is 6.76. The highest BCUT2D eigenvalue weighted by atomic mass is 16.5. The molecule has 0 fully saturated rings. The van der Waals surface area contributed by atoms with E-state index in [4.69, 9.17) is 4.74 Å². The van der Waals surface area contributed by atoms with Gasteiger partial charge in [-0.3, -0.25) is 14.6 Å². The number of fused-ring (bicyclic) bond motifs is 1. The van der Waals surface area contributed by atoms with Crippen molar-refractivity contribution in [2.24, 2.45) is 0 Å². The maximum atomic E-state index is 12.4. The standard InChI is InChI=1S/C21H21N5O2/c1-14(2)28-16-8-9-17-19(12-16)26(13-15-6-4-3-5-7-15)25-20(17)23-21(27)18-10-11-22-24-18/h3-12,14H,13H2,1-2H3,(H,22,24)(H,23,25,27). The van der Waals surface area contributed by atoms with Gasteiger partial charge in [-0.25, -0.2) is 0 Å². The summed E-state index contributed by atoms with van der Waals surface area (Å²) in [5, 5.41) is 14.9. The maximum Gasteiger partial charge on any atom is 0.274 e. The molecule has 4 aromatic rings. The third kappa shape index (κ3) is 3.73. The van der Waals surface area contributed by atoms with Crippen LogP contribution in [0, 0.1) is 0 Å². The predicted octanol–water partition coefficient (Wildman–Crippen LogP) is 3.85. The molecule has 2 aromatic carbocycles. The Morgan fingerprint density at radius 2 is 2.00 bits per heavy atom. The number of nitrogens with zero attached hydrogens (tertiary/aromatic N) is 3. The van der Waals surface area contributed by atoms with Gasteiger partial charge in [0, 0.05) is 17.6 Å². The van der Waals surface area contributed by atoms with E-state index in [0.29, 0.717) is 18.1 Å². The van der Waals surface area contributed by atoms with Crippen LogP contribution < -0.4 is 10.1 Å². The summed E-state index contributed by atoms with van der Waals surface area (Å²) in [5.74, 6) is 0.982. The van der Waals surface area contributed by atoms with Gasteiger partial charge in [0.2, 0.25) is 0 Å². The van der Waals surface area contributed by atoms with E-state index in [2.05, 4.69) is 20.6 Å². The summed E-state index contributed by atoms with van der Waals surface area (Å²) in [5.41, 5.74) is 2.39. The van der Waals surface area contributed by atoms with Gasteiger partial charge in [-0.2, -0.15) is 10.2 Å². The van der Waals surface area contributed by atoms with Crippen LogP contribution in [0.5, 0.6) is 5.75 Å². The van der Waals surface area contributed by atoms with Gasteiger partial charge in [-0.15, -0.1) is 0 Å².